The van der Waals surface area contributed by atoms with Crippen LogP contribution in [-0.2, 0) is 17.8 Å². The molecule has 3 aromatic rings. The second-order valence-electron chi connectivity index (χ2n) is 8.85. The third kappa shape index (κ3) is 4.40. The lowest BCUT2D eigenvalue weighted by Gasteiger charge is -2.24. The first-order chi connectivity index (χ1) is 14.8. The molecule has 0 unspecified atom stereocenters. The van der Waals surface area contributed by atoms with Gasteiger partial charge in [0.2, 0.25) is 0 Å². The van der Waals surface area contributed by atoms with E-state index in [0.717, 1.165) is 47.0 Å². The van der Waals surface area contributed by atoms with Crippen molar-refractivity contribution in [2.75, 3.05) is 0 Å². The lowest BCUT2D eigenvalue weighted by molar-refractivity contribution is -0.137. The van der Waals surface area contributed by atoms with Crippen LogP contribution in [0.3, 0.4) is 0 Å². The molecule has 1 N–H and O–H groups in total. The number of aromatic nitrogens is 1. The van der Waals surface area contributed by atoms with Crippen LogP contribution in [0.4, 0.5) is 0 Å². The number of carboxylic acids is 1. The van der Waals surface area contributed by atoms with E-state index in [1.807, 2.05) is 24.3 Å². The number of halogens is 1. The fraction of sp³-hybridized carbons (Fsp3) is 0.385. The van der Waals surface area contributed by atoms with E-state index in [9.17, 15) is 14.7 Å². The molecule has 1 aromatic heterocycles. The Hall–Kier alpha value is -2.59. The van der Waals surface area contributed by atoms with E-state index in [0.29, 0.717) is 23.9 Å². The number of hydrogen-bond acceptors (Lipinski definition) is 2. The molecule has 5 heteroatoms. The van der Waals surface area contributed by atoms with E-state index in [1.54, 1.807) is 0 Å². The maximum absolute atomic E-state index is 13.5. The summed E-state index contributed by atoms with van der Waals surface area (Å²) in [4.78, 5) is 24.9. The van der Waals surface area contributed by atoms with Crippen molar-refractivity contribution < 1.29 is 14.7 Å². The smallest absolute Gasteiger partial charge is 0.303 e. The van der Waals surface area contributed by atoms with E-state index >= 15 is 0 Å². The largest absolute Gasteiger partial charge is 0.481 e. The number of benzene rings is 2. The van der Waals surface area contributed by atoms with Gasteiger partial charge in [0.25, 0.3) is 0 Å². The predicted molar refractivity (Wildman–Crippen MR) is 124 cm³/mol. The molecule has 4 nitrogen and oxygen atoms in total. The van der Waals surface area contributed by atoms with Crippen molar-refractivity contribution in [3.8, 4) is 0 Å². The molecule has 0 amide bonds. The van der Waals surface area contributed by atoms with Crippen LogP contribution in [0.2, 0.25) is 5.02 Å². The first kappa shape index (κ1) is 21.6. The Kier molecular flexibility index (Phi) is 6.19. The van der Waals surface area contributed by atoms with E-state index < -0.39 is 5.97 Å². The predicted octanol–water partition coefficient (Wildman–Crippen LogP) is 6.47. The molecule has 0 radical (unpaired) electrons. The fourth-order valence-corrected chi connectivity index (χ4v) is 4.50. The van der Waals surface area contributed by atoms with Gasteiger partial charge in [0, 0.05) is 39.6 Å². The Morgan fingerprint density at radius 3 is 2.42 bits per heavy atom. The second-order valence-corrected chi connectivity index (χ2v) is 9.29. The highest BCUT2D eigenvalue weighted by Gasteiger charge is 2.31. The molecule has 162 valence electrons. The third-order valence-corrected chi connectivity index (χ3v) is 6.67. The standard InChI is InChI=1S/C26H28ClNO3/c1-16(2)19-8-11-22-21(14-19)25(26(31)18-4-3-5-18)23(12-13-24(29)30)28(22)15-17-6-9-20(27)10-7-17/h6-11,14,16,18H,3-5,12-13,15H2,1-2H3,(H,29,30). The summed E-state index contributed by atoms with van der Waals surface area (Å²) in [5.74, 6) is -0.278. The van der Waals surface area contributed by atoms with Gasteiger partial charge in [-0.1, -0.05) is 50.1 Å². The SMILES string of the molecule is CC(C)c1ccc2c(c1)c(C(=O)C1CCC1)c(CCC(=O)O)n2Cc1ccc(Cl)cc1. The van der Waals surface area contributed by atoms with Gasteiger partial charge in [-0.05, 0) is 60.6 Å². The summed E-state index contributed by atoms with van der Waals surface area (Å²) in [7, 11) is 0. The second kappa shape index (κ2) is 8.88. The minimum Gasteiger partial charge on any atom is -0.481 e. The number of carboxylic acid groups (broad SMARTS) is 1. The van der Waals surface area contributed by atoms with Crippen LogP contribution in [0.25, 0.3) is 10.9 Å². The summed E-state index contributed by atoms with van der Waals surface area (Å²) in [6, 6.07) is 14.0. The molecule has 1 saturated carbocycles. The zero-order valence-electron chi connectivity index (χ0n) is 18.0. The molecule has 31 heavy (non-hydrogen) atoms. The number of hydrogen-bond donors (Lipinski definition) is 1. The normalized spacial score (nSPS) is 14.2. The van der Waals surface area contributed by atoms with Crippen LogP contribution < -0.4 is 0 Å². The summed E-state index contributed by atoms with van der Waals surface area (Å²) in [6.07, 6.45) is 3.26. The zero-order chi connectivity index (χ0) is 22.1. The van der Waals surface area contributed by atoms with Crippen LogP contribution in [0.1, 0.15) is 72.6 Å². The summed E-state index contributed by atoms with van der Waals surface area (Å²) < 4.78 is 2.14. The first-order valence-electron chi connectivity index (χ1n) is 11.0. The van der Waals surface area contributed by atoms with Crippen LogP contribution in [0.15, 0.2) is 42.5 Å². The highest BCUT2D eigenvalue weighted by atomic mass is 35.5. The molecule has 0 spiro atoms. The highest BCUT2D eigenvalue weighted by Crippen LogP contribution is 2.37. The molecule has 1 fully saturated rings. The summed E-state index contributed by atoms with van der Waals surface area (Å²) in [6.45, 7) is 4.86. The van der Waals surface area contributed by atoms with Crippen molar-refractivity contribution >= 4 is 34.3 Å². The third-order valence-electron chi connectivity index (χ3n) is 6.41. The maximum atomic E-state index is 13.5. The molecule has 0 atom stereocenters. The van der Waals surface area contributed by atoms with Gasteiger partial charge >= 0.3 is 5.97 Å². The molecule has 4 rings (SSSR count). The molecular weight excluding hydrogens is 410 g/mol. The molecule has 0 bridgehead atoms. The van der Waals surface area contributed by atoms with Crippen molar-refractivity contribution in [3.63, 3.8) is 0 Å². The average molecular weight is 438 g/mol. The zero-order valence-corrected chi connectivity index (χ0v) is 18.8. The number of fused-ring (bicyclic) bond motifs is 1. The Balaban J connectivity index is 1.91. The fourth-order valence-electron chi connectivity index (χ4n) is 4.37. The van der Waals surface area contributed by atoms with E-state index in [-0.39, 0.29) is 18.1 Å². The number of carbonyl (C=O) groups excluding carboxylic acids is 1. The minimum atomic E-state index is -0.854. The first-order valence-corrected chi connectivity index (χ1v) is 11.4. The monoisotopic (exact) mass is 437 g/mol. The molecule has 1 heterocycles. The Morgan fingerprint density at radius 1 is 1.13 bits per heavy atom. The summed E-state index contributed by atoms with van der Waals surface area (Å²) in [5.41, 5.74) is 4.81. The topological polar surface area (TPSA) is 59.3 Å². The van der Waals surface area contributed by atoms with Crippen LogP contribution in [-0.4, -0.2) is 21.4 Å². The number of ketones is 1. The maximum Gasteiger partial charge on any atom is 0.303 e. The number of Topliss-reactive ketones (excluding diaryl/α,β-unsaturated/α-hetero) is 1. The van der Waals surface area contributed by atoms with E-state index in [4.69, 9.17) is 11.6 Å². The van der Waals surface area contributed by atoms with Crippen LogP contribution in [0, 0.1) is 5.92 Å². The Bertz CT molecular complexity index is 1120. The van der Waals surface area contributed by atoms with Gasteiger partial charge in [0.15, 0.2) is 5.78 Å². The molecule has 2 aromatic carbocycles. The van der Waals surface area contributed by atoms with E-state index in [2.05, 4.69) is 36.6 Å². The van der Waals surface area contributed by atoms with Gasteiger partial charge in [0.05, 0.1) is 6.42 Å². The molecular formula is C26H28ClNO3. The van der Waals surface area contributed by atoms with Crippen LogP contribution in [0.5, 0.6) is 0 Å². The Labute approximate surface area is 187 Å². The van der Waals surface area contributed by atoms with Crippen molar-refractivity contribution in [1.82, 2.24) is 4.57 Å². The highest BCUT2D eigenvalue weighted by molar-refractivity contribution is 6.30. The van der Waals surface area contributed by atoms with Crippen LogP contribution >= 0.6 is 11.6 Å². The van der Waals surface area contributed by atoms with E-state index in [1.165, 1.54) is 5.56 Å². The lowest BCUT2D eigenvalue weighted by Crippen LogP contribution is -2.23. The number of nitrogens with zero attached hydrogens (tertiary/aromatic N) is 1. The number of aliphatic carboxylic acids is 1. The van der Waals surface area contributed by atoms with Crippen molar-refractivity contribution in [2.45, 2.75) is 58.4 Å². The van der Waals surface area contributed by atoms with Gasteiger partial charge in [-0.3, -0.25) is 9.59 Å². The summed E-state index contributed by atoms with van der Waals surface area (Å²) >= 11 is 6.06. The minimum absolute atomic E-state index is 0.00107. The van der Waals surface area contributed by atoms with Crippen molar-refractivity contribution in [2.24, 2.45) is 5.92 Å². The quantitative estimate of drug-likeness (QED) is 0.411. The summed E-state index contributed by atoms with van der Waals surface area (Å²) in [5, 5.41) is 11.0. The van der Waals surface area contributed by atoms with Gasteiger partial charge in [-0.15, -0.1) is 0 Å². The molecule has 0 saturated heterocycles. The van der Waals surface area contributed by atoms with Gasteiger partial charge in [-0.2, -0.15) is 0 Å². The van der Waals surface area contributed by atoms with Crippen molar-refractivity contribution in [3.05, 3.63) is 69.9 Å². The molecule has 1 aliphatic carbocycles. The van der Waals surface area contributed by atoms with Crippen molar-refractivity contribution in [1.29, 1.82) is 0 Å². The average Bonchev–Trinajstić information content (AvgIpc) is 2.99. The number of carbonyl (C=O) groups is 2. The van der Waals surface area contributed by atoms with Gasteiger partial charge in [-0.25, -0.2) is 0 Å². The number of rotatable bonds is 8. The van der Waals surface area contributed by atoms with Gasteiger partial charge < -0.3 is 9.67 Å². The molecule has 1 aliphatic rings. The lowest BCUT2D eigenvalue weighted by atomic mass is 9.79. The molecule has 0 aliphatic heterocycles. The van der Waals surface area contributed by atoms with Gasteiger partial charge in [0.1, 0.15) is 0 Å². The Morgan fingerprint density at radius 2 is 1.84 bits per heavy atom.